The second-order valence-corrected chi connectivity index (χ2v) is 4.62. The van der Waals surface area contributed by atoms with E-state index < -0.39 is 6.10 Å². The summed E-state index contributed by atoms with van der Waals surface area (Å²) in [6.45, 7) is 6.02. The summed E-state index contributed by atoms with van der Waals surface area (Å²) in [5.74, 6) is 1.42. The smallest absolute Gasteiger partial charge is 0.133 e. The van der Waals surface area contributed by atoms with Crippen molar-refractivity contribution in [2.24, 2.45) is 5.92 Å². The molecule has 1 aromatic heterocycles. The van der Waals surface area contributed by atoms with Gasteiger partial charge >= 0.3 is 0 Å². The lowest BCUT2D eigenvalue weighted by Crippen LogP contribution is -2.22. The van der Waals surface area contributed by atoms with E-state index in [0.29, 0.717) is 12.3 Å². The molecule has 0 radical (unpaired) electrons. The van der Waals surface area contributed by atoms with Gasteiger partial charge in [-0.15, -0.1) is 0 Å². The molecule has 2 N–H and O–H groups in total. The van der Waals surface area contributed by atoms with Gasteiger partial charge in [-0.1, -0.05) is 26.7 Å². The predicted octanol–water partition coefficient (Wildman–Crippen LogP) is 2.73. The van der Waals surface area contributed by atoms with E-state index in [0.717, 1.165) is 12.5 Å². The zero-order valence-corrected chi connectivity index (χ0v) is 10.3. The number of unbranched alkanes of at least 4 members (excludes halogenated alkanes) is 1. The number of hydrogen-bond acceptors (Lipinski definition) is 3. The van der Waals surface area contributed by atoms with Crippen LogP contribution in [0.15, 0.2) is 22.8 Å². The number of aliphatic hydroxyl groups excluding tert-OH is 1. The summed E-state index contributed by atoms with van der Waals surface area (Å²) < 4.78 is 5.11. The molecule has 0 saturated heterocycles. The summed E-state index contributed by atoms with van der Waals surface area (Å²) >= 11 is 0. The van der Waals surface area contributed by atoms with Gasteiger partial charge in [0, 0.05) is 6.54 Å². The molecule has 0 amide bonds. The molecule has 0 fully saturated rings. The molecule has 3 nitrogen and oxygen atoms in total. The molecule has 0 spiro atoms. The lowest BCUT2D eigenvalue weighted by molar-refractivity contribution is 0.147. The molecular formula is C13H23NO2. The van der Waals surface area contributed by atoms with E-state index >= 15 is 0 Å². The topological polar surface area (TPSA) is 45.4 Å². The van der Waals surface area contributed by atoms with E-state index in [4.69, 9.17) is 4.42 Å². The monoisotopic (exact) mass is 225 g/mol. The van der Waals surface area contributed by atoms with Crippen LogP contribution in [0, 0.1) is 5.92 Å². The van der Waals surface area contributed by atoms with Crippen molar-refractivity contribution >= 4 is 0 Å². The van der Waals surface area contributed by atoms with Crippen molar-refractivity contribution in [2.45, 2.75) is 39.2 Å². The molecule has 1 heterocycles. The van der Waals surface area contributed by atoms with Crippen molar-refractivity contribution in [1.82, 2.24) is 5.32 Å². The quantitative estimate of drug-likeness (QED) is 0.669. The number of aliphatic hydroxyl groups is 1. The van der Waals surface area contributed by atoms with Gasteiger partial charge < -0.3 is 14.8 Å². The van der Waals surface area contributed by atoms with Crippen LogP contribution in [0.3, 0.4) is 0 Å². The van der Waals surface area contributed by atoms with Gasteiger partial charge in [-0.3, -0.25) is 0 Å². The fourth-order valence-electron chi connectivity index (χ4n) is 1.62. The Hall–Kier alpha value is -0.800. The van der Waals surface area contributed by atoms with Gasteiger partial charge in [-0.05, 0) is 31.0 Å². The van der Waals surface area contributed by atoms with Crippen LogP contribution in [-0.2, 0) is 0 Å². The van der Waals surface area contributed by atoms with Crippen LogP contribution in [-0.4, -0.2) is 18.2 Å². The highest BCUT2D eigenvalue weighted by Crippen LogP contribution is 2.11. The van der Waals surface area contributed by atoms with E-state index in [2.05, 4.69) is 19.2 Å². The first-order valence-corrected chi connectivity index (χ1v) is 6.12. The van der Waals surface area contributed by atoms with Crippen molar-refractivity contribution in [2.75, 3.05) is 13.1 Å². The number of furan rings is 1. The normalized spacial score (nSPS) is 13.2. The first kappa shape index (κ1) is 13.3. The minimum atomic E-state index is -0.528. The number of nitrogens with one attached hydrogen (secondary N) is 1. The summed E-state index contributed by atoms with van der Waals surface area (Å²) in [4.78, 5) is 0. The molecule has 1 atom stereocenters. The van der Waals surface area contributed by atoms with Crippen LogP contribution in [0.2, 0.25) is 0 Å². The Morgan fingerprint density at radius 1 is 1.38 bits per heavy atom. The lowest BCUT2D eigenvalue weighted by atomic mass is 10.1. The fraction of sp³-hybridized carbons (Fsp3) is 0.692. The van der Waals surface area contributed by atoms with E-state index in [1.54, 1.807) is 18.4 Å². The van der Waals surface area contributed by atoms with Crippen molar-refractivity contribution in [3.05, 3.63) is 24.2 Å². The highest BCUT2D eigenvalue weighted by Gasteiger charge is 2.08. The van der Waals surface area contributed by atoms with Crippen molar-refractivity contribution < 1.29 is 9.52 Å². The molecule has 0 aliphatic carbocycles. The second kappa shape index (κ2) is 7.47. The van der Waals surface area contributed by atoms with Gasteiger partial charge in [0.2, 0.25) is 0 Å². The standard InChI is InChI=1S/C13H23NO2/c1-11(2)6-3-4-8-14-10-12(15)13-7-5-9-16-13/h5,7,9,11-12,14-15H,3-4,6,8,10H2,1-2H3. The molecule has 1 rings (SSSR count). The SMILES string of the molecule is CC(C)CCCCNCC(O)c1ccco1. The summed E-state index contributed by atoms with van der Waals surface area (Å²) in [5.41, 5.74) is 0. The van der Waals surface area contributed by atoms with E-state index in [1.807, 2.05) is 0 Å². The predicted molar refractivity (Wildman–Crippen MR) is 65.2 cm³/mol. The fourth-order valence-corrected chi connectivity index (χ4v) is 1.62. The Kier molecular flexibility index (Phi) is 6.19. The average Bonchev–Trinajstić information content (AvgIpc) is 2.75. The van der Waals surface area contributed by atoms with Crippen LogP contribution in [0.4, 0.5) is 0 Å². The van der Waals surface area contributed by atoms with Crippen LogP contribution >= 0.6 is 0 Å². The maximum Gasteiger partial charge on any atom is 0.133 e. The maximum absolute atomic E-state index is 9.70. The van der Waals surface area contributed by atoms with Crippen molar-refractivity contribution in [1.29, 1.82) is 0 Å². The van der Waals surface area contributed by atoms with Crippen molar-refractivity contribution in [3.8, 4) is 0 Å². The van der Waals surface area contributed by atoms with Gasteiger partial charge in [0.1, 0.15) is 11.9 Å². The third-order valence-corrected chi connectivity index (χ3v) is 2.59. The average molecular weight is 225 g/mol. The van der Waals surface area contributed by atoms with E-state index in [-0.39, 0.29) is 0 Å². The Morgan fingerprint density at radius 3 is 2.81 bits per heavy atom. The largest absolute Gasteiger partial charge is 0.467 e. The van der Waals surface area contributed by atoms with Gasteiger partial charge in [-0.25, -0.2) is 0 Å². The van der Waals surface area contributed by atoms with Crippen LogP contribution in [0.25, 0.3) is 0 Å². The molecule has 0 bridgehead atoms. The highest BCUT2D eigenvalue weighted by molar-refractivity contribution is 5.01. The van der Waals surface area contributed by atoms with Gasteiger partial charge in [0.15, 0.2) is 0 Å². The van der Waals surface area contributed by atoms with Crippen LogP contribution in [0.5, 0.6) is 0 Å². The van der Waals surface area contributed by atoms with Crippen LogP contribution < -0.4 is 5.32 Å². The highest BCUT2D eigenvalue weighted by atomic mass is 16.4. The lowest BCUT2D eigenvalue weighted by Gasteiger charge is -2.09. The zero-order chi connectivity index (χ0) is 11.8. The Labute approximate surface area is 97.9 Å². The Morgan fingerprint density at radius 2 is 2.19 bits per heavy atom. The summed E-state index contributed by atoms with van der Waals surface area (Å²) in [5, 5.41) is 12.9. The van der Waals surface area contributed by atoms with Gasteiger partial charge in [0.25, 0.3) is 0 Å². The number of rotatable bonds is 8. The Balaban J connectivity index is 1.99. The van der Waals surface area contributed by atoms with Crippen LogP contribution in [0.1, 0.15) is 45.0 Å². The summed E-state index contributed by atoms with van der Waals surface area (Å²) in [6, 6.07) is 3.59. The molecule has 16 heavy (non-hydrogen) atoms. The summed E-state index contributed by atoms with van der Waals surface area (Å²) in [6.07, 6.45) is 4.76. The minimum absolute atomic E-state index is 0.528. The van der Waals surface area contributed by atoms with Crippen molar-refractivity contribution in [3.63, 3.8) is 0 Å². The molecule has 3 heteroatoms. The van der Waals surface area contributed by atoms with E-state index in [1.165, 1.54) is 19.3 Å². The zero-order valence-electron chi connectivity index (χ0n) is 10.3. The minimum Gasteiger partial charge on any atom is -0.467 e. The molecule has 0 aromatic carbocycles. The Bertz CT molecular complexity index is 257. The molecule has 92 valence electrons. The third kappa shape index (κ3) is 5.33. The van der Waals surface area contributed by atoms with Gasteiger partial charge in [0.05, 0.1) is 6.26 Å². The first-order valence-electron chi connectivity index (χ1n) is 6.12. The molecular weight excluding hydrogens is 202 g/mol. The molecule has 0 aliphatic rings. The third-order valence-electron chi connectivity index (χ3n) is 2.59. The molecule has 0 aliphatic heterocycles. The molecule has 1 unspecified atom stereocenters. The number of hydrogen-bond donors (Lipinski definition) is 2. The van der Waals surface area contributed by atoms with E-state index in [9.17, 15) is 5.11 Å². The van der Waals surface area contributed by atoms with Gasteiger partial charge in [-0.2, -0.15) is 0 Å². The second-order valence-electron chi connectivity index (χ2n) is 4.62. The summed E-state index contributed by atoms with van der Waals surface area (Å²) in [7, 11) is 0. The first-order chi connectivity index (χ1) is 7.70. The molecule has 1 aromatic rings. The molecule has 0 saturated carbocycles. The maximum atomic E-state index is 9.70.